The Morgan fingerprint density at radius 2 is 1.20 bits per heavy atom. The van der Waals surface area contributed by atoms with Gasteiger partial charge in [0.2, 0.25) is 0 Å². The third-order valence-electron chi connectivity index (χ3n) is 10.0. The lowest BCUT2D eigenvalue weighted by Crippen LogP contribution is -2.22. The van der Waals surface area contributed by atoms with Crippen molar-refractivity contribution in [3.8, 4) is 0 Å². The summed E-state index contributed by atoms with van der Waals surface area (Å²) in [5.74, 6) is 1.66. The van der Waals surface area contributed by atoms with Crippen molar-refractivity contribution < 1.29 is 17.9 Å². The summed E-state index contributed by atoms with van der Waals surface area (Å²) < 4.78 is 49.6. The Morgan fingerprint density at radius 3 is 1.71 bits per heavy atom. The molecule has 228 valence electrons. The predicted molar refractivity (Wildman–Crippen MR) is 164 cm³/mol. The molecule has 0 unspecified atom stereocenters. The van der Waals surface area contributed by atoms with Gasteiger partial charge in [-0.05, 0) is 110 Å². The Morgan fingerprint density at radius 1 is 0.683 bits per heavy atom. The normalized spacial score (nSPS) is 23.5. The van der Waals surface area contributed by atoms with E-state index < -0.39 is 17.5 Å². The van der Waals surface area contributed by atoms with Gasteiger partial charge in [0.05, 0.1) is 12.2 Å². The van der Waals surface area contributed by atoms with Crippen LogP contribution in [0.15, 0.2) is 42.5 Å². The van der Waals surface area contributed by atoms with Gasteiger partial charge in [-0.2, -0.15) is 8.78 Å². The highest BCUT2D eigenvalue weighted by molar-refractivity contribution is 5.29. The summed E-state index contributed by atoms with van der Waals surface area (Å²) >= 11 is 0. The summed E-state index contributed by atoms with van der Waals surface area (Å²) in [6.07, 6.45) is 16.6. The molecule has 0 amide bonds. The van der Waals surface area contributed by atoms with E-state index in [2.05, 4.69) is 26.0 Å². The number of hydrogen-bond acceptors (Lipinski definition) is 1. The highest BCUT2D eigenvalue weighted by Gasteiger charge is 2.36. The number of rotatable bonds is 15. The van der Waals surface area contributed by atoms with Crippen LogP contribution in [0.1, 0.15) is 151 Å². The van der Waals surface area contributed by atoms with Crippen molar-refractivity contribution in [1.82, 2.24) is 0 Å². The summed E-state index contributed by atoms with van der Waals surface area (Å²) in [6.45, 7) is 4.33. The van der Waals surface area contributed by atoms with Crippen LogP contribution >= 0.6 is 0 Å². The van der Waals surface area contributed by atoms with Gasteiger partial charge in [-0.15, -0.1) is 0 Å². The van der Waals surface area contributed by atoms with Crippen molar-refractivity contribution in [2.75, 3.05) is 6.61 Å². The zero-order valence-electron chi connectivity index (χ0n) is 25.6. The van der Waals surface area contributed by atoms with Crippen molar-refractivity contribution in [1.29, 1.82) is 0 Å². The lowest BCUT2D eigenvalue weighted by molar-refractivity contribution is -0.249. The molecule has 0 N–H and O–H groups in total. The second-order valence-corrected chi connectivity index (χ2v) is 13.0. The fourth-order valence-corrected chi connectivity index (χ4v) is 7.29. The van der Waals surface area contributed by atoms with Gasteiger partial charge in [-0.1, -0.05) is 95.5 Å². The minimum Gasteiger partial charge on any atom is -0.316 e. The Balaban J connectivity index is 1.21. The van der Waals surface area contributed by atoms with Crippen molar-refractivity contribution >= 4 is 0 Å². The molecule has 2 saturated carbocycles. The average Bonchev–Trinajstić information content (AvgIpc) is 2.98. The minimum absolute atomic E-state index is 0.154. The first-order chi connectivity index (χ1) is 19.9. The first kappa shape index (κ1) is 32.1. The van der Waals surface area contributed by atoms with E-state index in [1.165, 1.54) is 94.7 Å². The van der Waals surface area contributed by atoms with Gasteiger partial charge in [-0.3, -0.25) is 0 Å². The number of alkyl halides is 2. The largest absolute Gasteiger partial charge is 0.386 e. The van der Waals surface area contributed by atoms with Crippen LogP contribution in [-0.4, -0.2) is 6.61 Å². The van der Waals surface area contributed by atoms with Gasteiger partial charge >= 0.3 is 6.11 Å². The lowest BCUT2D eigenvalue weighted by atomic mass is 9.77. The van der Waals surface area contributed by atoms with Crippen molar-refractivity contribution in [3.63, 3.8) is 0 Å². The van der Waals surface area contributed by atoms with Crippen LogP contribution in [0.2, 0.25) is 0 Å². The maximum Gasteiger partial charge on any atom is 0.386 e. The van der Waals surface area contributed by atoms with E-state index in [4.69, 9.17) is 4.74 Å². The first-order valence-corrected chi connectivity index (χ1v) is 16.8. The average molecular weight is 571 g/mol. The molecule has 41 heavy (non-hydrogen) atoms. The van der Waals surface area contributed by atoms with Gasteiger partial charge < -0.3 is 4.74 Å². The van der Waals surface area contributed by atoms with Gasteiger partial charge in [-0.25, -0.2) is 4.39 Å². The Bertz CT molecular complexity index is 1020. The molecule has 0 aliphatic heterocycles. The minimum atomic E-state index is -3.64. The van der Waals surface area contributed by atoms with Gasteiger partial charge in [0.1, 0.15) is 5.82 Å². The van der Waals surface area contributed by atoms with E-state index in [-0.39, 0.29) is 12.5 Å². The Hall–Kier alpha value is -1.81. The quantitative estimate of drug-likeness (QED) is 0.194. The number of halogens is 3. The maximum atomic E-state index is 14.9. The van der Waals surface area contributed by atoms with E-state index in [9.17, 15) is 13.2 Å². The number of unbranched alkanes of at least 4 members (excludes halogenated alkanes) is 4. The Labute approximate surface area is 247 Å². The molecule has 2 fully saturated rings. The summed E-state index contributed by atoms with van der Waals surface area (Å²) in [5, 5.41) is 0. The van der Waals surface area contributed by atoms with Crippen LogP contribution in [0.5, 0.6) is 0 Å². The van der Waals surface area contributed by atoms with E-state index in [0.29, 0.717) is 12.3 Å². The standard InChI is InChI=1S/C37H53F3O/c1-3-5-7-9-28-11-17-31(18-12-28)32-19-15-30(16-20-32)25-26-41-37(39,40)35-24-23-34(27-36(35)38)33-21-13-29(14-22-33)10-8-6-4-2/h15-16,19-20,23-24,27-29,31,33H,3-14,17-18,21-22,25-26H2,1-2H3/t28-,29-,31-,33-. The SMILES string of the molecule is CCCCC[C@H]1CC[C@H](c2ccc(CCOC(F)(F)c3ccc([C@H]4CC[C@H](CCCCC)CC4)cc3F)cc2)CC1. The van der Waals surface area contributed by atoms with Crippen molar-refractivity contribution in [2.24, 2.45) is 11.8 Å². The van der Waals surface area contributed by atoms with Crippen LogP contribution in [-0.2, 0) is 17.3 Å². The first-order valence-electron chi connectivity index (χ1n) is 16.8. The van der Waals surface area contributed by atoms with E-state index in [1.54, 1.807) is 6.07 Å². The lowest BCUT2D eigenvalue weighted by Gasteiger charge is -2.29. The zero-order valence-corrected chi connectivity index (χ0v) is 25.6. The molecule has 0 heterocycles. The fraction of sp³-hybridized carbons (Fsp3) is 0.676. The molecule has 0 aromatic heterocycles. The number of benzene rings is 2. The molecule has 2 aliphatic carbocycles. The van der Waals surface area contributed by atoms with Crippen LogP contribution < -0.4 is 0 Å². The molecule has 4 heteroatoms. The molecule has 0 atom stereocenters. The molecule has 0 spiro atoms. The highest BCUT2D eigenvalue weighted by Crippen LogP contribution is 2.40. The summed E-state index contributed by atoms with van der Waals surface area (Å²) in [6, 6.07) is 12.7. The Kier molecular flexibility index (Phi) is 12.6. The fourth-order valence-electron chi connectivity index (χ4n) is 7.29. The van der Waals surface area contributed by atoms with Crippen LogP contribution in [0.4, 0.5) is 13.2 Å². The molecule has 2 aromatic rings. The number of ether oxygens (including phenoxy) is 1. The monoisotopic (exact) mass is 570 g/mol. The summed E-state index contributed by atoms with van der Waals surface area (Å²) in [4.78, 5) is 0. The second-order valence-electron chi connectivity index (χ2n) is 13.0. The third kappa shape index (κ3) is 9.60. The predicted octanol–water partition coefficient (Wildman–Crippen LogP) is 11.8. The molecule has 1 nitrogen and oxygen atoms in total. The topological polar surface area (TPSA) is 9.23 Å². The molecule has 2 aromatic carbocycles. The molecular formula is C37H53F3O. The maximum absolute atomic E-state index is 14.9. The van der Waals surface area contributed by atoms with Crippen LogP contribution in [0.3, 0.4) is 0 Å². The third-order valence-corrected chi connectivity index (χ3v) is 10.0. The molecule has 0 saturated heterocycles. The number of hydrogen-bond donors (Lipinski definition) is 0. The molecular weight excluding hydrogens is 517 g/mol. The van der Waals surface area contributed by atoms with Gasteiger partial charge in [0.25, 0.3) is 0 Å². The molecule has 4 rings (SSSR count). The second kappa shape index (κ2) is 16.1. The summed E-state index contributed by atoms with van der Waals surface area (Å²) in [7, 11) is 0. The van der Waals surface area contributed by atoms with Gasteiger partial charge in [0, 0.05) is 0 Å². The van der Waals surface area contributed by atoms with Crippen molar-refractivity contribution in [3.05, 3.63) is 70.5 Å². The van der Waals surface area contributed by atoms with E-state index in [0.717, 1.165) is 48.6 Å². The summed E-state index contributed by atoms with van der Waals surface area (Å²) in [5.41, 5.74) is 2.52. The smallest absolute Gasteiger partial charge is 0.316 e. The van der Waals surface area contributed by atoms with Crippen LogP contribution in [0, 0.1) is 17.7 Å². The van der Waals surface area contributed by atoms with Crippen LogP contribution in [0.25, 0.3) is 0 Å². The zero-order chi connectivity index (χ0) is 29.1. The van der Waals surface area contributed by atoms with Crippen molar-refractivity contribution in [2.45, 2.75) is 141 Å². The molecule has 0 bridgehead atoms. The van der Waals surface area contributed by atoms with E-state index in [1.807, 2.05) is 12.1 Å². The molecule has 2 aliphatic rings. The van der Waals surface area contributed by atoms with Gasteiger partial charge in [0.15, 0.2) is 0 Å². The molecule has 0 radical (unpaired) electrons. The highest BCUT2D eigenvalue weighted by atomic mass is 19.3. The van der Waals surface area contributed by atoms with E-state index >= 15 is 0 Å².